The monoisotopic (exact) mass is 231 g/mol. The smallest absolute Gasteiger partial charge is 0.266 e. The van der Waals surface area contributed by atoms with E-state index < -0.39 is 10.1 Å². The summed E-state index contributed by atoms with van der Waals surface area (Å²) in [6.07, 6.45) is 0. The first-order chi connectivity index (χ1) is 5.58. The number of morpholine rings is 1. The molecule has 0 amide bonds. The van der Waals surface area contributed by atoms with Gasteiger partial charge in [-0.15, -0.1) is 0 Å². The van der Waals surface area contributed by atoms with Gasteiger partial charge in [-0.25, -0.2) is 0 Å². The van der Waals surface area contributed by atoms with Crippen LogP contribution in [0.1, 0.15) is 0 Å². The number of hydrogen-bond acceptors (Lipinski definition) is 4. The summed E-state index contributed by atoms with van der Waals surface area (Å²) in [5, 5.41) is 0. The highest BCUT2D eigenvalue weighted by Gasteiger charge is 2.13. The zero-order valence-corrected chi connectivity index (χ0v) is 8.59. The maximum Gasteiger partial charge on any atom is 0.266 e. The molecule has 1 saturated heterocycles. The third-order valence-corrected chi connectivity index (χ3v) is 2.47. The normalized spacial score (nSPS) is 18.1. The van der Waals surface area contributed by atoms with Gasteiger partial charge in [0, 0.05) is 19.6 Å². The largest absolute Gasteiger partial charge is 0.412 e. The van der Waals surface area contributed by atoms with Crippen LogP contribution < -0.4 is 0 Å². The molecule has 0 atom stereocenters. The molecule has 7 nitrogen and oxygen atoms in total. The standard InChI is InChI=1S/C6H13NO4S.2H2O/c8-12(9,10)6-3-7-1-4-11-5-2-7;;/h1-6H2,(H,8,9,10);2*1H2. The summed E-state index contributed by atoms with van der Waals surface area (Å²) >= 11 is 0. The highest BCUT2D eigenvalue weighted by atomic mass is 32.2. The van der Waals surface area contributed by atoms with Crippen LogP contribution in [-0.2, 0) is 14.9 Å². The summed E-state index contributed by atoms with van der Waals surface area (Å²) < 4.78 is 34.3. The van der Waals surface area contributed by atoms with Gasteiger partial charge in [-0.1, -0.05) is 0 Å². The van der Waals surface area contributed by atoms with Gasteiger partial charge >= 0.3 is 0 Å². The fourth-order valence-corrected chi connectivity index (χ4v) is 1.56. The first-order valence-electron chi connectivity index (χ1n) is 3.83. The Morgan fingerprint density at radius 2 is 1.71 bits per heavy atom. The molecule has 0 aromatic heterocycles. The van der Waals surface area contributed by atoms with Gasteiger partial charge in [0.05, 0.1) is 19.0 Å². The van der Waals surface area contributed by atoms with E-state index in [0.29, 0.717) is 19.8 Å². The highest BCUT2D eigenvalue weighted by Crippen LogP contribution is 1.96. The van der Waals surface area contributed by atoms with Crippen molar-refractivity contribution in [3.05, 3.63) is 0 Å². The Morgan fingerprint density at radius 1 is 1.21 bits per heavy atom. The van der Waals surface area contributed by atoms with E-state index in [0.717, 1.165) is 13.1 Å². The molecule has 0 radical (unpaired) electrons. The predicted octanol–water partition coefficient (Wildman–Crippen LogP) is -2.44. The van der Waals surface area contributed by atoms with E-state index in [1.807, 2.05) is 4.90 Å². The van der Waals surface area contributed by atoms with Gasteiger partial charge < -0.3 is 15.7 Å². The van der Waals surface area contributed by atoms with E-state index in [1.165, 1.54) is 0 Å². The summed E-state index contributed by atoms with van der Waals surface area (Å²) in [7, 11) is -3.81. The van der Waals surface area contributed by atoms with Crippen LogP contribution in [0.2, 0.25) is 0 Å². The maximum atomic E-state index is 10.4. The van der Waals surface area contributed by atoms with E-state index in [-0.39, 0.29) is 16.7 Å². The molecule has 0 aliphatic carbocycles. The molecule has 8 heteroatoms. The minimum atomic E-state index is -3.81. The molecule has 0 spiro atoms. The molecule has 14 heavy (non-hydrogen) atoms. The molecule has 5 N–H and O–H groups in total. The zero-order valence-electron chi connectivity index (χ0n) is 7.77. The topological polar surface area (TPSA) is 130 Å². The van der Waals surface area contributed by atoms with Crippen molar-refractivity contribution >= 4 is 10.1 Å². The Hall–Kier alpha value is -0.250. The lowest BCUT2D eigenvalue weighted by molar-refractivity contribution is 0.0406. The number of nitrogens with zero attached hydrogens (tertiary/aromatic N) is 1. The van der Waals surface area contributed by atoms with Gasteiger partial charge in [0.15, 0.2) is 0 Å². The third-order valence-electron chi connectivity index (χ3n) is 1.77. The lowest BCUT2D eigenvalue weighted by atomic mass is 10.4. The van der Waals surface area contributed by atoms with Crippen molar-refractivity contribution in [2.24, 2.45) is 0 Å². The quantitative estimate of drug-likeness (QED) is 0.539. The Kier molecular flexibility index (Phi) is 8.21. The first-order valence-corrected chi connectivity index (χ1v) is 5.44. The van der Waals surface area contributed by atoms with Crippen LogP contribution in [0.5, 0.6) is 0 Å². The Morgan fingerprint density at radius 3 is 2.14 bits per heavy atom. The van der Waals surface area contributed by atoms with Crippen LogP contribution in [0.15, 0.2) is 0 Å². The average molecular weight is 231 g/mol. The van der Waals surface area contributed by atoms with E-state index >= 15 is 0 Å². The predicted molar refractivity (Wildman–Crippen MR) is 50.9 cm³/mol. The molecule has 0 unspecified atom stereocenters. The van der Waals surface area contributed by atoms with Gasteiger partial charge in [0.25, 0.3) is 10.1 Å². The minimum Gasteiger partial charge on any atom is -0.412 e. The molecular weight excluding hydrogens is 214 g/mol. The summed E-state index contributed by atoms with van der Waals surface area (Å²) in [5.41, 5.74) is 0. The Bertz CT molecular complexity index is 222. The zero-order chi connectivity index (χ0) is 9.03. The van der Waals surface area contributed by atoms with Gasteiger partial charge in [-0.05, 0) is 0 Å². The first kappa shape index (κ1) is 16.2. The summed E-state index contributed by atoms with van der Waals surface area (Å²) in [4.78, 5) is 1.96. The fourth-order valence-electron chi connectivity index (χ4n) is 1.07. The second-order valence-corrected chi connectivity index (χ2v) is 4.31. The lowest BCUT2D eigenvalue weighted by Crippen LogP contribution is -2.38. The summed E-state index contributed by atoms with van der Waals surface area (Å²) in [6, 6.07) is 0. The van der Waals surface area contributed by atoms with Crippen molar-refractivity contribution in [3.63, 3.8) is 0 Å². The summed E-state index contributed by atoms with van der Waals surface area (Å²) in [5.74, 6) is -0.188. The van der Waals surface area contributed by atoms with Crippen molar-refractivity contribution in [1.82, 2.24) is 4.90 Å². The molecule has 1 rings (SSSR count). The number of rotatable bonds is 3. The second kappa shape index (κ2) is 7.10. The number of ether oxygens (including phenoxy) is 1. The summed E-state index contributed by atoms with van der Waals surface area (Å²) in [6.45, 7) is 3.17. The van der Waals surface area contributed by atoms with E-state index in [2.05, 4.69) is 0 Å². The lowest BCUT2D eigenvalue weighted by Gasteiger charge is -2.25. The molecule has 0 bridgehead atoms. The molecular formula is C6H17NO6S. The van der Waals surface area contributed by atoms with Crippen LogP contribution in [0.3, 0.4) is 0 Å². The molecule has 88 valence electrons. The maximum absolute atomic E-state index is 10.4. The SMILES string of the molecule is O.O.O=S(=O)(O)CCN1CCOCC1. The van der Waals surface area contributed by atoms with E-state index in [1.54, 1.807) is 0 Å². The number of hydrogen-bond donors (Lipinski definition) is 1. The van der Waals surface area contributed by atoms with Crippen molar-refractivity contribution in [2.45, 2.75) is 0 Å². The van der Waals surface area contributed by atoms with Crippen molar-refractivity contribution < 1.29 is 28.7 Å². The second-order valence-electron chi connectivity index (χ2n) is 2.74. The molecule has 0 saturated carbocycles. The molecule has 1 aliphatic rings. The van der Waals surface area contributed by atoms with Crippen LogP contribution in [0.4, 0.5) is 0 Å². The van der Waals surface area contributed by atoms with E-state index in [4.69, 9.17) is 9.29 Å². The third kappa shape index (κ3) is 7.18. The van der Waals surface area contributed by atoms with Crippen molar-refractivity contribution in [1.29, 1.82) is 0 Å². The van der Waals surface area contributed by atoms with Gasteiger partial charge in [-0.3, -0.25) is 9.45 Å². The fraction of sp³-hybridized carbons (Fsp3) is 1.00. The van der Waals surface area contributed by atoms with Gasteiger partial charge in [-0.2, -0.15) is 8.42 Å². The highest BCUT2D eigenvalue weighted by molar-refractivity contribution is 7.85. The van der Waals surface area contributed by atoms with Crippen molar-refractivity contribution in [3.8, 4) is 0 Å². The van der Waals surface area contributed by atoms with Crippen LogP contribution in [0, 0.1) is 0 Å². The van der Waals surface area contributed by atoms with Crippen molar-refractivity contribution in [2.75, 3.05) is 38.6 Å². The van der Waals surface area contributed by atoms with Gasteiger partial charge in [0.2, 0.25) is 0 Å². The Balaban J connectivity index is 0. The van der Waals surface area contributed by atoms with Crippen LogP contribution in [0.25, 0.3) is 0 Å². The molecule has 1 fully saturated rings. The molecule has 1 aliphatic heterocycles. The van der Waals surface area contributed by atoms with Crippen LogP contribution >= 0.6 is 0 Å². The minimum absolute atomic E-state index is 0. The Labute approximate surface area is 83.0 Å². The van der Waals surface area contributed by atoms with Gasteiger partial charge in [0.1, 0.15) is 0 Å². The molecule has 0 aromatic rings. The molecule has 1 heterocycles. The molecule has 0 aromatic carbocycles. The van der Waals surface area contributed by atoms with E-state index in [9.17, 15) is 8.42 Å². The van der Waals surface area contributed by atoms with Crippen LogP contribution in [-0.4, -0.2) is 67.4 Å². The average Bonchev–Trinajstić information content (AvgIpc) is 2.02.